The Bertz CT molecular complexity index is 1030. The molecule has 2 aliphatic heterocycles. The molecule has 3 heterocycles. The number of aromatic nitrogens is 1. The molecule has 1 aromatic heterocycles. The number of aliphatic hydroxyl groups excluding tert-OH is 1. The highest BCUT2D eigenvalue weighted by molar-refractivity contribution is 5.94. The number of anilines is 1. The van der Waals surface area contributed by atoms with Crippen molar-refractivity contribution in [2.75, 3.05) is 24.5 Å². The first kappa shape index (κ1) is 21.9. The van der Waals surface area contributed by atoms with E-state index in [1.165, 1.54) is 0 Å². The second kappa shape index (κ2) is 8.78. The predicted octanol–water partition coefficient (Wildman–Crippen LogP) is 2.97. The van der Waals surface area contributed by atoms with E-state index in [0.717, 1.165) is 75.0 Å². The van der Waals surface area contributed by atoms with Gasteiger partial charge in [-0.3, -0.25) is 9.59 Å². The van der Waals surface area contributed by atoms with Gasteiger partial charge in [-0.05, 0) is 74.8 Å². The van der Waals surface area contributed by atoms with Crippen molar-refractivity contribution in [3.63, 3.8) is 0 Å². The molecule has 1 aromatic carbocycles. The van der Waals surface area contributed by atoms with E-state index in [2.05, 4.69) is 9.80 Å². The highest BCUT2D eigenvalue weighted by Crippen LogP contribution is 2.43. The van der Waals surface area contributed by atoms with Crippen LogP contribution in [0.25, 0.3) is 11.1 Å². The van der Waals surface area contributed by atoms with Crippen LogP contribution in [0.4, 0.5) is 5.82 Å². The summed E-state index contributed by atoms with van der Waals surface area (Å²) in [6.07, 6.45) is 7.86. The van der Waals surface area contributed by atoms with E-state index >= 15 is 0 Å². The molecular weight excluding hydrogens is 416 g/mol. The van der Waals surface area contributed by atoms with Gasteiger partial charge in [-0.1, -0.05) is 12.1 Å². The van der Waals surface area contributed by atoms with E-state index < -0.39 is 5.91 Å². The Labute approximate surface area is 194 Å². The van der Waals surface area contributed by atoms with Crippen LogP contribution in [0.2, 0.25) is 0 Å². The van der Waals surface area contributed by atoms with E-state index in [1.54, 1.807) is 12.1 Å². The van der Waals surface area contributed by atoms with Crippen molar-refractivity contribution in [2.45, 2.75) is 57.1 Å². The Morgan fingerprint density at radius 3 is 2.61 bits per heavy atom. The van der Waals surface area contributed by atoms with Crippen molar-refractivity contribution in [3.8, 4) is 11.1 Å². The maximum atomic E-state index is 13.5. The van der Waals surface area contributed by atoms with Crippen LogP contribution in [0.1, 0.15) is 55.3 Å². The zero-order valence-electron chi connectivity index (χ0n) is 18.9. The Morgan fingerprint density at radius 2 is 1.88 bits per heavy atom. The number of rotatable bonds is 4. The molecule has 0 unspecified atom stereocenters. The monoisotopic (exact) mass is 448 g/mol. The van der Waals surface area contributed by atoms with Gasteiger partial charge in [0, 0.05) is 43.0 Å². The Balaban J connectivity index is 1.30. The third kappa shape index (κ3) is 4.22. The van der Waals surface area contributed by atoms with Crippen LogP contribution < -0.4 is 10.6 Å². The summed E-state index contributed by atoms with van der Waals surface area (Å²) in [6, 6.07) is 11.6. The smallest absolute Gasteiger partial charge is 0.248 e. The van der Waals surface area contributed by atoms with E-state index in [4.69, 9.17) is 10.7 Å². The van der Waals surface area contributed by atoms with Crippen molar-refractivity contribution in [2.24, 2.45) is 11.1 Å². The summed E-state index contributed by atoms with van der Waals surface area (Å²) >= 11 is 0. The van der Waals surface area contributed by atoms with Crippen LogP contribution in [0.5, 0.6) is 0 Å². The zero-order valence-corrected chi connectivity index (χ0v) is 18.9. The summed E-state index contributed by atoms with van der Waals surface area (Å²) in [4.78, 5) is 34.1. The highest BCUT2D eigenvalue weighted by Gasteiger charge is 2.50. The lowest BCUT2D eigenvalue weighted by atomic mass is 9.78. The molecule has 0 radical (unpaired) electrons. The summed E-state index contributed by atoms with van der Waals surface area (Å²) in [5.41, 5.74) is 7.40. The number of hydrogen-bond acceptors (Lipinski definition) is 5. The van der Waals surface area contributed by atoms with Crippen LogP contribution in [-0.2, 0) is 4.79 Å². The third-order valence-corrected chi connectivity index (χ3v) is 7.78. The molecule has 1 atom stereocenters. The van der Waals surface area contributed by atoms with Crippen LogP contribution in [0.3, 0.4) is 0 Å². The van der Waals surface area contributed by atoms with Gasteiger partial charge in [-0.2, -0.15) is 0 Å². The molecule has 1 saturated carbocycles. The first-order chi connectivity index (χ1) is 15.9. The van der Waals surface area contributed by atoms with Crippen molar-refractivity contribution in [1.82, 2.24) is 9.88 Å². The SMILES string of the molecule is NC(=O)c1cccc(-c2ccc(N3CCC[C@]4(CCN([C@H]5CC[C@H](O)CC5)C4=O)C3)nc2)c1. The number of carbonyl (C=O) groups excluding carboxylic acids is 2. The number of aliphatic hydroxyl groups is 1. The van der Waals surface area contributed by atoms with E-state index in [9.17, 15) is 14.7 Å². The largest absolute Gasteiger partial charge is 0.393 e. The van der Waals surface area contributed by atoms with Crippen molar-refractivity contribution in [1.29, 1.82) is 0 Å². The topological polar surface area (TPSA) is 99.8 Å². The molecule has 3 aliphatic rings. The fourth-order valence-electron chi connectivity index (χ4n) is 5.87. The molecule has 3 N–H and O–H groups in total. The number of amides is 2. The molecule has 2 amide bonds. The van der Waals surface area contributed by atoms with Crippen molar-refractivity contribution in [3.05, 3.63) is 48.2 Å². The Morgan fingerprint density at radius 1 is 1.06 bits per heavy atom. The fraction of sp³-hybridized carbons (Fsp3) is 0.500. The van der Waals surface area contributed by atoms with Crippen LogP contribution in [-0.4, -0.2) is 58.6 Å². The van der Waals surface area contributed by atoms with Gasteiger partial charge in [-0.15, -0.1) is 0 Å². The summed E-state index contributed by atoms with van der Waals surface area (Å²) in [5.74, 6) is 0.740. The Hall–Kier alpha value is -2.93. The molecule has 33 heavy (non-hydrogen) atoms. The van der Waals surface area contributed by atoms with Crippen LogP contribution in [0.15, 0.2) is 42.6 Å². The number of pyridine rings is 1. The molecular formula is C26H32N4O3. The minimum Gasteiger partial charge on any atom is -0.393 e. The second-order valence-electron chi connectivity index (χ2n) is 9.87. The summed E-state index contributed by atoms with van der Waals surface area (Å²) in [6.45, 7) is 2.44. The molecule has 174 valence electrons. The number of nitrogens with two attached hydrogens (primary N) is 1. The summed E-state index contributed by atoms with van der Waals surface area (Å²) in [5, 5.41) is 9.83. The first-order valence-electron chi connectivity index (χ1n) is 12.1. The predicted molar refractivity (Wildman–Crippen MR) is 127 cm³/mol. The quantitative estimate of drug-likeness (QED) is 0.749. The lowest BCUT2D eigenvalue weighted by molar-refractivity contribution is -0.139. The maximum Gasteiger partial charge on any atom is 0.248 e. The summed E-state index contributed by atoms with van der Waals surface area (Å²) < 4.78 is 0. The van der Waals surface area contributed by atoms with Gasteiger partial charge in [0.15, 0.2) is 0 Å². The maximum absolute atomic E-state index is 13.5. The van der Waals surface area contributed by atoms with Gasteiger partial charge in [0.1, 0.15) is 5.82 Å². The average molecular weight is 449 g/mol. The van der Waals surface area contributed by atoms with Crippen molar-refractivity contribution < 1.29 is 14.7 Å². The average Bonchev–Trinajstić information content (AvgIpc) is 3.15. The highest BCUT2D eigenvalue weighted by atomic mass is 16.3. The van der Waals surface area contributed by atoms with Gasteiger partial charge in [-0.25, -0.2) is 4.98 Å². The first-order valence-corrected chi connectivity index (χ1v) is 12.1. The fourth-order valence-corrected chi connectivity index (χ4v) is 5.87. The van der Waals surface area contributed by atoms with Gasteiger partial charge >= 0.3 is 0 Å². The molecule has 1 aliphatic carbocycles. The molecule has 7 nitrogen and oxygen atoms in total. The van der Waals surface area contributed by atoms with Gasteiger partial charge in [0.2, 0.25) is 11.8 Å². The normalized spacial score (nSPS) is 27.8. The number of piperidine rings is 1. The van der Waals surface area contributed by atoms with E-state index in [-0.39, 0.29) is 17.6 Å². The minimum atomic E-state index is -0.445. The number of primary amides is 1. The second-order valence-corrected chi connectivity index (χ2v) is 9.87. The third-order valence-electron chi connectivity index (χ3n) is 7.78. The lowest BCUT2D eigenvalue weighted by Gasteiger charge is -2.41. The van der Waals surface area contributed by atoms with Gasteiger partial charge < -0.3 is 20.6 Å². The Kier molecular flexibility index (Phi) is 5.83. The van der Waals surface area contributed by atoms with Gasteiger partial charge in [0.05, 0.1) is 11.5 Å². The minimum absolute atomic E-state index is 0.203. The molecule has 2 aromatic rings. The van der Waals surface area contributed by atoms with Gasteiger partial charge in [0.25, 0.3) is 0 Å². The van der Waals surface area contributed by atoms with E-state index in [1.807, 2.05) is 30.5 Å². The molecule has 1 spiro atoms. The molecule has 5 rings (SSSR count). The van der Waals surface area contributed by atoms with E-state index in [0.29, 0.717) is 18.0 Å². The number of hydrogen-bond donors (Lipinski definition) is 2. The molecule has 2 saturated heterocycles. The zero-order chi connectivity index (χ0) is 23.0. The molecule has 0 bridgehead atoms. The molecule has 7 heteroatoms. The van der Waals surface area contributed by atoms with Crippen LogP contribution in [0, 0.1) is 5.41 Å². The van der Waals surface area contributed by atoms with Crippen molar-refractivity contribution >= 4 is 17.6 Å². The standard InChI is InChI=1S/C26H32N4O3/c27-24(32)19-4-1-3-18(15-19)20-5-10-23(28-16-20)29-13-2-11-26(17-29)12-14-30(25(26)33)21-6-8-22(31)9-7-21/h1,3-5,10,15-16,21-22,31H,2,6-9,11-14,17H2,(H2,27,32)/t21-,22-,26-/m0/s1. The molecule has 3 fully saturated rings. The number of benzene rings is 1. The lowest BCUT2D eigenvalue weighted by Crippen LogP contribution is -2.50. The number of nitrogens with zero attached hydrogens (tertiary/aromatic N) is 3. The number of likely N-dealkylation sites (tertiary alicyclic amines) is 1. The number of carbonyl (C=O) groups is 2. The summed E-state index contributed by atoms with van der Waals surface area (Å²) in [7, 11) is 0. The van der Waals surface area contributed by atoms with Crippen LogP contribution >= 0.6 is 0 Å².